The van der Waals surface area contributed by atoms with Crippen molar-refractivity contribution >= 4 is 19.9 Å². The van der Waals surface area contributed by atoms with Gasteiger partial charge >= 0.3 is 0 Å². The predicted molar refractivity (Wildman–Crippen MR) is 61.4 cm³/mol. The Bertz CT molecular complexity index is 201. The fourth-order valence-corrected chi connectivity index (χ4v) is 3.26. The Labute approximate surface area is 79.9 Å². The molecule has 0 bridgehead atoms. The average molecular weight is 195 g/mol. The summed E-state index contributed by atoms with van der Waals surface area (Å²) in [5.41, 5.74) is 1.42. The van der Waals surface area contributed by atoms with Crippen LogP contribution in [-0.2, 0) is 6.54 Å². The first kappa shape index (κ1) is 9.70. The van der Waals surface area contributed by atoms with E-state index in [1.807, 2.05) is 0 Å². The molecule has 0 spiro atoms. The molecule has 1 aromatic rings. The third-order valence-electron chi connectivity index (χ3n) is 1.88. The van der Waals surface area contributed by atoms with Crippen molar-refractivity contribution < 1.29 is 0 Å². The fraction of sp³-hybridized carbons (Fsp3) is 0.333. The molecule has 66 valence electrons. The van der Waals surface area contributed by atoms with Crippen molar-refractivity contribution in [3.8, 4) is 0 Å². The molecule has 0 saturated heterocycles. The van der Waals surface area contributed by atoms with Crippen LogP contribution in [0, 0.1) is 0 Å². The molecular weight excluding hydrogens is 178 g/mol. The molecule has 12 heavy (non-hydrogen) atoms. The number of rotatable bonds is 5. The van der Waals surface area contributed by atoms with Gasteiger partial charge < -0.3 is 4.98 Å². The molecular formula is C9H17NSi2. The normalized spacial score (nSPS) is 11.3. The van der Waals surface area contributed by atoms with Crippen LogP contribution in [0.2, 0.25) is 12.1 Å². The summed E-state index contributed by atoms with van der Waals surface area (Å²) in [6.45, 7) is 1.08. The first-order valence-corrected chi connectivity index (χ1v) is 7.80. The highest BCUT2D eigenvalue weighted by atomic mass is 28.2. The fourth-order valence-electron chi connectivity index (χ4n) is 1.13. The van der Waals surface area contributed by atoms with E-state index in [9.17, 15) is 0 Å². The third-order valence-corrected chi connectivity index (χ3v) is 5.66. The van der Waals surface area contributed by atoms with Crippen LogP contribution in [0.1, 0.15) is 5.56 Å². The molecule has 0 radical (unpaired) electrons. The van der Waals surface area contributed by atoms with E-state index < -0.39 is 0 Å². The lowest BCUT2D eigenvalue weighted by Crippen LogP contribution is -2.17. The van der Waals surface area contributed by atoms with E-state index in [4.69, 9.17) is 0 Å². The Morgan fingerprint density at radius 1 is 1.25 bits per heavy atom. The molecule has 0 atom stereocenters. The van der Waals surface area contributed by atoms with E-state index in [0.717, 1.165) is 6.54 Å². The van der Waals surface area contributed by atoms with E-state index in [2.05, 4.69) is 35.3 Å². The summed E-state index contributed by atoms with van der Waals surface area (Å²) in [7, 11) is 1.42. The number of benzene rings is 1. The van der Waals surface area contributed by atoms with Gasteiger partial charge in [0.1, 0.15) is 0 Å². The second-order valence-electron chi connectivity index (χ2n) is 3.02. The summed E-state index contributed by atoms with van der Waals surface area (Å²) in [5.74, 6) is 0. The highest BCUT2D eigenvalue weighted by Gasteiger charge is 1.89. The monoisotopic (exact) mass is 195 g/mol. The van der Waals surface area contributed by atoms with Crippen LogP contribution in [0.25, 0.3) is 0 Å². The average Bonchev–Trinajstić information content (AvgIpc) is 2.14. The Balaban J connectivity index is 2.16. The maximum absolute atomic E-state index is 3.56. The Morgan fingerprint density at radius 3 is 2.67 bits per heavy atom. The highest BCUT2D eigenvalue weighted by Crippen LogP contribution is 1.96. The summed E-state index contributed by atoms with van der Waals surface area (Å²) in [6.07, 6.45) is 0. The Hall–Kier alpha value is -0.386. The van der Waals surface area contributed by atoms with Crippen molar-refractivity contribution in [1.82, 2.24) is 4.98 Å². The number of hydrogen-bond donors (Lipinski definition) is 1. The summed E-state index contributed by atoms with van der Waals surface area (Å²) >= 11 is 0. The van der Waals surface area contributed by atoms with Gasteiger partial charge in [0.2, 0.25) is 0 Å². The van der Waals surface area contributed by atoms with Crippen LogP contribution in [0.5, 0.6) is 0 Å². The minimum Gasteiger partial charge on any atom is -0.338 e. The zero-order chi connectivity index (χ0) is 8.65. The van der Waals surface area contributed by atoms with Crippen LogP contribution < -0.4 is 4.98 Å². The van der Waals surface area contributed by atoms with Gasteiger partial charge in [0.15, 0.2) is 0 Å². The van der Waals surface area contributed by atoms with Gasteiger partial charge in [0.25, 0.3) is 0 Å². The van der Waals surface area contributed by atoms with E-state index in [0.29, 0.717) is 0 Å². The second-order valence-corrected chi connectivity index (χ2v) is 5.72. The molecule has 0 saturated carbocycles. The summed E-state index contributed by atoms with van der Waals surface area (Å²) in [6, 6.07) is 13.6. The zero-order valence-corrected chi connectivity index (χ0v) is 11.1. The largest absolute Gasteiger partial charge is 0.338 e. The molecule has 1 N–H and O–H groups in total. The summed E-state index contributed by atoms with van der Waals surface area (Å²) < 4.78 is 0. The number of hydrogen-bond acceptors (Lipinski definition) is 1. The third kappa shape index (κ3) is 3.85. The van der Waals surface area contributed by atoms with Crippen molar-refractivity contribution in [3.05, 3.63) is 35.9 Å². The van der Waals surface area contributed by atoms with Gasteiger partial charge in [-0.1, -0.05) is 42.4 Å². The van der Waals surface area contributed by atoms with Gasteiger partial charge in [0, 0.05) is 16.8 Å². The van der Waals surface area contributed by atoms with E-state index in [1.165, 1.54) is 27.9 Å². The highest BCUT2D eigenvalue weighted by molar-refractivity contribution is 6.33. The topological polar surface area (TPSA) is 12.0 Å². The second kappa shape index (κ2) is 6.17. The predicted octanol–water partition coefficient (Wildman–Crippen LogP) is 0.0620. The molecule has 0 fully saturated rings. The molecule has 1 aromatic carbocycles. The lowest BCUT2D eigenvalue weighted by molar-refractivity contribution is 0.942. The quantitative estimate of drug-likeness (QED) is 0.518. The van der Waals surface area contributed by atoms with Crippen molar-refractivity contribution in [2.24, 2.45) is 0 Å². The van der Waals surface area contributed by atoms with Gasteiger partial charge in [-0.25, -0.2) is 0 Å². The van der Waals surface area contributed by atoms with Crippen LogP contribution in [-0.4, -0.2) is 19.9 Å². The molecule has 0 aliphatic heterocycles. The maximum atomic E-state index is 3.56. The molecule has 0 unspecified atom stereocenters. The molecule has 0 aromatic heterocycles. The lowest BCUT2D eigenvalue weighted by atomic mass is 10.2. The van der Waals surface area contributed by atoms with Crippen molar-refractivity contribution in [2.75, 3.05) is 0 Å². The maximum Gasteiger partial charge on any atom is 0.0916 e. The van der Waals surface area contributed by atoms with Crippen molar-refractivity contribution in [3.63, 3.8) is 0 Å². The van der Waals surface area contributed by atoms with Crippen molar-refractivity contribution in [1.29, 1.82) is 0 Å². The molecule has 0 aliphatic carbocycles. The first-order chi connectivity index (χ1) is 5.93. The van der Waals surface area contributed by atoms with Gasteiger partial charge in [-0.2, -0.15) is 0 Å². The number of nitrogens with one attached hydrogen (secondary N) is 1. The molecule has 1 rings (SSSR count). The van der Waals surface area contributed by atoms with Gasteiger partial charge in [-0.3, -0.25) is 0 Å². The minimum absolute atomic E-state index is 0.0522. The van der Waals surface area contributed by atoms with Gasteiger partial charge in [-0.05, 0) is 5.56 Å². The van der Waals surface area contributed by atoms with E-state index in [1.54, 1.807) is 0 Å². The van der Waals surface area contributed by atoms with Crippen molar-refractivity contribution in [2.45, 2.75) is 18.6 Å². The Morgan fingerprint density at radius 2 is 2.00 bits per heavy atom. The van der Waals surface area contributed by atoms with E-state index >= 15 is 0 Å². The van der Waals surface area contributed by atoms with Gasteiger partial charge in [0.05, 0.1) is 9.68 Å². The molecule has 3 heteroatoms. The van der Waals surface area contributed by atoms with Crippen LogP contribution in [0.4, 0.5) is 0 Å². The minimum atomic E-state index is 0.0522. The molecule has 0 amide bonds. The summed E-state index contributed by atoms with van der Waals surface area (Å²) in [4.78, 5) is 3.56. The SMILES string of the molecule is [SiH3]CC[SiH2]NCc1ccccc1. The van der Waals surface area contributed by atoms with Crippen LogP contribution >= 0.6 is 0 Å². The standard InChI is InChI=1S/C9H17NSi2/c11-6-7-12-10-8-9-4-2-1-3-5-9/h1-5,10H,6-8,12H2,11H3. The van der Waals surface area contributed by atoms with Gasteiger partial charge in [-0.15, -0.1) is 0 Å². The van der Waals surface area contributed by atoms with Crippen LogP contribution in [0.3, 0.4) is 0 Å². The molecule has 0 aliphatic rings. The Kier molecular flexibility index (Phi) is 4.98. The first-order valence-electron chi connectivity index (χ1n) is 4.68. The van der Waals surface area contributed by atoms with E-state index in [-0.39, 0.29) is 9.68 Å². The van der Waals surface area contributed by atoms with Crippen LogP contribution in [0.15, 0.2) is 30.3 Å². The summed E-state index contributed by atoms with van der Waals surface area (Å²) in [5, 5.41) is 0. The lowest BCUT2D eigenvalue weighted by Gasteiger charge is -2.02. The zero-order valence-electron chi connectivity index (χ0n) is 7.72. The smallest absolute Gasteiger partial charge is 0.0916 e. The molecule has 0 heterocycles. The molecule has 1 nitrogen and oxygen atoms in total.